The summed E-state index contributed by atoms with van der Waals surface area (Å²) in [5, 5.41) is 0. The lowest BCUT2D eigenvalue weighted by molar-refractivity contribution is -0.145. The van der Waals surface area contributed by atoms with Gasteiger partial charge in [-0.1, -0.05) is 0 Å². The van der Waals surface area contributed by atoms with Crippen LogP contribution in [0.3, 0.4) is 0 Å². The first-order chi connectivity index (χ1) is 8.74. The van der Waals surface area contributed by atoms with Crippen LogP contribution < -0.4 is 4.90 Å². The number of hydrogen-bond acceptors (Lipinski definition) is 5. The number of nitrogens with zero attached hydrogens (tertiary/aromatic N) is 3. The van der Waals surface area contributed by atoms with E-state index in [0.29, 0.717) is 6.61 Å². The van der Waals surface area contributed by atoms with Crippen molar-refractivity contribution in [3.05, 3.63) is 16.1 Å². The minimum Gasteiger partial charge on any atom is -0.464 e. The van der Waals surface area contributed by atoms with Crippen molar-refractivity contribution in [2.45, 2.75) is 32.2 Å². The van der Waals surface area contributed by atoms with Crippen LogP contribution >= 0.6 is 22.6 Å². The highest BCUT2D eigenvalue weighted by atomic mass is 127. The monoisotopic (exact) mass is 361 g/mol. The first kappa shape index (κ1) is 13.5. The van der Waals surface area contributed by atoms with E-state index in [4.69, 9.17) is 4.74 Å². The lowest BCUT2D eigenvalue weighted by atomic mass is 10.0. The molecule has 2 heterocycles. The van der Waals surface area contributed by atoms with E-state index in [1.165, 1.54) is 6.33 Å². The maximum Gasteiger partial charge on any atom is 0.328 e. The van der Waals surface area contributed by atoms with Gasteiger partial charge in [0, 0.05) is 12.7 Å². The molecule has 18 heavy (non-hydrogen) atoms. The standard InChI is InChI=1S/C12H16IN3O2/c1-2-18-12(17)10-5-3-4-6-16(10)11-9(13)7-14-8-15-11/h7-8,10H,2-6H2,1H3. The molecule has 0 aliphatic carbocycles. The maximum atomic E-state index is 12.0. The van der Waals surface area contributed by atoms with Crippen LogP contribution in [0, 0.1) is 3.57 Å². The van der Waals surface area contributed by atoms with Crippen molar-refractivity contribution in [3.63, 3.8) is 0 Å². The van der Waals surface area contributed by atoms with Crippen LogP contribution in [0.1, 0.15) is 26.2 Å². The summed E-state index contributed by atoms with van der Waals surface area (Å²) in [6.45, 7) is 3.10. The molecule has 0 spiro atoms. The average molecular weight is 361 g/mol. The molecule has 1 aliphatic rings. The van der Waals surface area contributed by atoms with Crippen molar-refractivity contribution in [2.75, 3.05) is 18.1 Å². The Balaban J connectivity index is 2.23. The number of rotatable bonds is 3. The van der Waals surface area contributed by atoms with Crippen molar-refractivity contribution in [3.8, 4) is 0 Å². The smallest absolute Gasteiger partial charge is 0.328 e. The molecule has 1 saturated heterocycles. The van der Waals surface area contributed by atoms with Gasteiger partial charge in [0.2, 0.25) is 0 Å². The van der Waals surface area contributed by atoms with Gasteiger partial charge in [0.25, 0.3) is 0 Å². The number of carbonyl (C=O) groups excluding carboxylic acids is 1. The van der Waals surface area contributed by atoms with Gasteiger partial charge in [0.1, 0.15) is 18.2 Å². The number of esters is 1. The molecular formula is C12H16IN3O2. The Morgan fingerprint density at radius 3 is 3.17 bits per heavy atom. The zero-order valence-corrected chi connectivity index (χ0v) is 12.5. The number of ether oxygens (including phenoxy) is 1. The summed E-state index contributed by atoms with van der Waals surface area (Å²) in [6.07, 6.45) is 6.25. The molecule has 6 heteroatoms. The van der Waals surface area contributed by atoms with Crippen LogP contribution in [-0.4, -0.2) is 35.1 Å². The molecule has 0 amide bonds. The maximum absolute atomic E-state index is 12.0. The number of hydrogen-bond donors (Lipinski definition) is 0. The molecular weight excluding hydrogens is 345 g/mol. The molecule has 1 aliphatic heterocycles. The summed E-state index contributed by atoms with van der Waals surface area (Å²) in [5.74, 6) is 0.690. The highest BCUT2D eigenvalue weighted by Crippen LogP contribution is 2.27. The van der Waals surface area contributed by atoms with E-state index in [-0.39, 0.29) is 12.0 Å². The van der Waals surface area contributed by atoms with E-state index in [0.717, 1.165) is 35.2 Å². The predicted molar refractivity (Wildman–Crippen MR) is 76.4 cm³/mol. The molecule has 1 aromatic heterocycles. The average Bonchev–Trinajstić information content (AvgIpc) is 2.40. The zero-order chi connectivity index (χ0) is 13.0. The molecule has 0 saturated carbocycles. The number of carbonyl (C=O) groups is 1. The van der Waals surface area contributed by atoms with Gasteiger partial charge in [-0.25, -0.2) is 14.8 Å². The topological polar surface area (TPSA) is 55.3 Å². The van der Waals surface area contributed by atoms with Crippen LogP contribution in [0.25, 0.3) is 0 Å². The fourth-order valence-corrected chi connectivity index (χ4v) is 2.80. The zero-order valence-electron chi connectivity index (χ0n) is 10.3. The second-order valence-electron chi connectivity index (χ2n) is 4.15. The Hall–Kier alpha value is -0.920. The third kappa shape index (κ3) is 2.90. The van der Waals surface area contributed by atoms with Crippen LogP contribution in [0.5, 0.6) is 0 Å². The Bertz CT molecular complexity index is 428. The molecule has 2 rings (SSSR count). The molecule has 0 radical (unpaired) electrons. The molecule has 1 atom stereocenters. The van der Waals surface area contributed by atoms with E-state index in [2.05, 4.69) is 32.6 Å². The number of piperidine rings is 1. The first-order valence-electron chi connectivity index (χ1n) is 6.12. The van der Waals surface area contributed by atoms with Gasteiger partial charge in [0.05, 0.1) is 10.2 Å². The third-order valence-electron chi connectivity index (χ3n) is 2.98. The van der Waals surface area contributed by atoms with Gasteiger partial charge in [-0.2, -0.15) is 0 Å². The van der Waals surface area contributed by atoms with Crippen LogP contribution in [0.2, 0.25) is 0 Å². The van der Waals surface area contributed by atoms with Crippen molar-refractivity contribution in [1.82, 2.24) is 9.97 Å². The molecule has 5 nitrogen and oxygen atoms in total. The fourth-order valence-electron chi connectivity index (χ4n) is 2.19. The van der Waals surface area contributed by atoms with Crippen molar-refractivity contribution < 1.29 is 9.53 Å². The van der Waals surface area contributed by atoms with E-state index in [1.807, 2.05) is 11.8 Å². The van der Waals surface area contributed by atoms with Crippen molar-refractivity contribution in [1.29, 1.82) is 0 Å². The van der Waals surface area contributed by atoms with Crippen LogP contribution in [-0.2, 0) is 9.53 Å². The first-order valence-corrected chi connectivity index (χ1v) is 7.20. The summed E-state index contributed by atoms with van der Waals surface area (Å²) in [7, 11) is 0. The summed E-state index contributed by atoms with van der Waals surface area (Å²) in [4.78, 5) is 22.3. The minimum atomic E-state index is -0.206. The normalized spacial score (nSPS) is 19.7. The summed E-state index contributed by atoms with van der Waals surface area (Å²) in [6, 6.07) is -0.206. The highest BCUT2D eigenvalue weighted by Gasteiger charge is 2.31. The van der Waals surface area contributed by atoms with Crippen molar-refractivity contribution >= 4 is 34.4 Å². The quantitative estimate of drug-likeness (QED) is 0.609. The number of aromatic nitrogens is 2. The SMILES string of the molecule is CCOC(=O)C1CCCCN1c1ncncc1I. The Morgan fingerprint density at radius 1 is 1.61 bits per heavy atom. The molecule has 0 bridgehead atoms. The van der Waals surface area contributed by atoms with Gasteiger partial charge >= 0.3 is 5.97 Å². The van der Waals surface area contributed by atoms with E-state index >= 15 is 0 Å². The molecule has 0 aromatic carbocycles. The summed E-state index contributed by atoms with van der Waals surface area (Å²) >= 11 is 2.20. The second kappa shape index (κ2) is 6.31. The van der Waals surface area contributed by atoms with Gasteiger partial charge in [0.15, 0.2) is 0 Å². The summed E-state index contributed by atoms with van der Waals surface area (Å²) < 4.78 is 6.11. The number of anilines is 1. The van der Waals surface area contributed by atoms with E-state index in [9.17, 15) is 4.79 Å². The largest absolute Gasteiger partial charge is 0.464 e. The Labute approximate surface area is 120 Å². The predicted octanol–water partition coefficient (Wildman–Crippen LogP) is 2.00. The molecule has 1 aromatic rings. The molecule has 1 unspecified atom stereocenters. The van der Waals surface area contributed by atoms with E-state index in [1.54, 1.807) is 6.20 Å². The fraction of sp³-hybridized carbons (Fsp3) is 0.583. The molecule has 0 N–H and O–H groups in total. The van der Waals surface area contributed by atoms with Gasteiger partial charge in [-0.15, -0.1) is 0 Å². The highest BCUT2D eigenvalue weighted by molar-refractivity contribution is 14.1. The van der Waals surface area contributed by atoms with Crippen molar-refractivity contribution in [2.24, 2.45) is 0 Å². The van der Waals surface area contributed by atoms with Gasteiger partial charge < -0.3 is 9.64 Å². The lowest BCUT2D eigenvalue weighted by Crippen LogP contribution is -2.46. The van der Waals surface area contributed by atoms with Gasteiger partial charge in [-0.3, -0.25) is 0 Å². The number of halogens is 1. The minimum absolute atomic E-state index is 0.147. The van der Waals surface area contributed by atoms with Gasteiger partial charge in [-0.05, 0) is 48.8 Å². The van der Waals surface area contributed by atoms with Crippen LogP contribution in [0.4, 0.5) is 5.82 Å². The molecule has 98 valence electrons. The Kier molecular flexibility index (Phi) is 4.73. The lowest BCUT2D eigenvalue weighted by Gasteiger charge is -2.35. The van der Waals surface area contributed by atoms with E-state index < -0.39 is 0 Å². The third-order valence-corrected chi connectivity index (χ3v) is 3.74. The summed E-state index contributed by atoms with van der Waals surface area (Å²) in [5.41, 5.74) is 0. The second-order valence-corrected chi connectivity index (χ2v) is 5.31. The Morgan fingerprint density at radius 2 is 2.44 bits per heavy atom. The van der Waals surface area contributed by atoms with Crippen LogP contribution in [0.15, 0.2) is 12.5 Å². The molecule has 1 fully saturated rings.